The number of nitriles is 1. The van der Waals surface area contributed by atoms with E-state index in [1.54, 1.807) is 20.3 Å². The Balaban J connectivity index is 1.91. The molecule has 1 aliphatic rings. The Morgan fingerprint density at radius 3 is 2.50 bits per heavy atom. The lowest BCUT2D eigenvalue weighted by Gasteiger charge is -2.05. The zero-order valence-corrected chi connectivity index (χ0v) is 11.2. The molecule has 0 radical (unpaired) electrons. The quantitative estimate of drug-likeness (QED) is 0.849. The molecule has 0 saturated heterocycles. The van der Waals surface area contributed by atoms with E-state index in [9.17, 15) is 0 Å². The van der Waals surface area contributed by atoms with E-state index in [-0.39, 0.29) is 11.8 Å². The first-order valence-corrected chi connectivity index (χ1v) is 6.22. The Morgan fingerprint density at radius 1 is 1.25 bits per heavy atom. The molecule has 6 nitrogen and oxygen atoms in total. The summed E-state index contributed by atoms with van der Waals surface area (Å²) in [5.74, 6) is 2.39. The third-order valence-corrected chi connectivity index (χ3v) is 3.32. The molecule has 1 aliphatic carbocycles. The van der Waals surface area contributed by atoms with Crippen molar-refractivity contribution in [2.75, 3.05) is 14.2 Å². The van der Waals surface area contributed by atoms with Gasteiger partial charge < -0.3 is 14.0 Å². The summed E-state index contributed by atoms with van der Waals surface area (Å²) in [6.45, 7) is 0. The van der Waals surface area contributed by atoms with Crippen molar-refractivity contribution in [2.24, 2.45) is 5.92 Å². The molecule has 2 unspecified atom stereocenters. The minimum Gasteiger partial charge on any atom is -0.497 e. The fourth-order valence-corrected chi connectivity index (χ4v) is 2.05. The van der Waals surface area contributed by atoms with Crippen LogP contribution in [-0.2, 0) is 0 Å². The molecule has 1 aromatic heterocycles. The van der Waals surface area contributed by atoms with Crippen LogP contribution in [-0.4, -0.2) is 24.4 Å². The number of aromatic nitrogens is 2. The lowest BCUT2D eigenvalue weighted by Crippen LogP contribution is -1.90. The lowest BCUT2D eigenvalue weighted by atomic mass is 10.2. The summed E-state index contributed by atoms with van der Waals surface area (Å²) >= 11 is 0. The average molecular weight is 271 g/mol. The number of ether oxygens (including phenoxy) is 2. The summed E-state index contributed by atoms with van der Waals surface area (Å²) in [7, 11) is 3.17. The van der Waals surface area contributed by atoms with Crippen LogP contribution >= 0.6 is 0 Å². The summed E-state index contributed by atoms with van der Waals surface area (Å²) in [5, 5.41) is 12.8. The Hall–Kier alpha value is -2.55. The summed E-state index contributed by atoms with van der Waals surface area (Å²) in [6, 6.07) is 7.60. The smallest absolute Gasteiger partial charge is 0.231 e. The normalized spacial score (nSPS) is 20.2. The van der Waals surface area contributed by atoms with Gasteiger partial charge in [-0.05, 0) is 18.6 Å². The zero-order valence-electron chi connectivity index (χ0n) is 11.2. The van der Waals surface area contributed by atoms with Crippen LogP contribution in [0.5, 0.6) is 11.5 Å². The number of nitrogens with zero attached hydrogens (tertiary/aromatic N) is 3. The van der Waals surface area contributed by atoms with Gasteiger partial charge in [0.2, 0.25) is 11.7 Å². The number of hydrogen-bond donors (Lipinski definition) is 0. The third kappa shape index (κ3) is 2.18. The van der Waals surface area contributed by atoms with Crippen LogP contribution in [0.3, 0.4) is 0 Å². The number of methoxy groups -OCH3 is 2. The molecule has 0 aliphatic heterocycles. The van der Waals surface area contributed by atoms with Crippen LogP contribution in [0.25, 0.3) is 11.4 Å². The minimum absolute atomic E-state index is 0.00291. The zero-order chi connectivity index (χ0) is 14.1. The molecule has 102 valence electrons. The molecule has 2 atom stereocenters. The highest BCUT2D eigenvalue weighted by atomic mass is 16.5. The van der Waals surface area contributed by atoms with Crippen molar-refractivity contribution >= 4 is 0 Å². The Labute approximate surface area is 115 Å². The molecule has 2 aromatic rings. The van der Waals surface area contributed by atoms with Crippen LogP contribution in [0, 0.1) is 17.2 Å². The van der Waals surface area contributed by atoms with Gasteiger partial charge in [0.05, 0.1) is 32.1 Å². The lowest BCUT2D eigenvalue weighted by molar-refractivity contribution is 0.378. The number of benzene rings is 1. The summed E-state index contributed by atoms with van der Waals surface area (Å²) in [6.07, 6.45) is 0.791. The first kappa shape index (κ1) is 12.5. The molecule has 1 saturated carbocycles. The Bertz CT molecular complexity index is 652. The Morgan fingerprint density at radius 2 is 1.95 bits per heavy atom. The fraction of sp³-hybridized carbons (Fsp3) is 0.357. The maximum absolute atomic E-state index is 8.83. The van der Waals surface area contributed by atoms with E-state index in [1.165, 1.54) is 0 Å². The molecule has 0 amide bonds. The van der Waals surface area contributed by atoms with E-state index >= 15 is 0 Å². The van der Waals surface area contributed by atoms with Crippen molar-refractivity contribution in [2.45, 2.75) is 12.3 Å². The highest BCUT2D eigenvalue weighted by Crippen LogP contribution is 2.46. The maximum Gasteiger partial charge on any atom is 0.231 e. The van der Waals surface area contributed by atoms with Gasteiger partial charge in [-0.15, -0.1) is 0 Å². The van der Waals surface area contributed by atoms with Crippen molar-refractivity contribution in [3.05, 3.63) is 24.1 Å². The molecule has 1 aromatic carbocycles. The van der Waals surface area contributed by atoms with Gasteiger partial charge in [0, 0.05) is 11.6 Å². The van der Waals surface area contributed by atoms with Crippen LogP contribution in [0.1, 0.15) is 18.2 Å². The third-order valence-electron chi connectivity index (χ3n) is 3.32. The topological polar surface area (TPSA) is 81.2 Å². The van der Waals surface area contributed by atoms with Gasteiger partial charge in [-0.2, -0.15) is 10.2 Å². The van der Waals surface area contributed by atoms with E-state index in [2.05, 4.69) is 16.2 Å². The van der Waals surface area contributed by atoms with Crippen molar-refractivity contribution in [1.29, 1.82) is 5.26 Å². The second-order valence-corrected chi connectivity index (χ2v) is 4.64. The van der Waals surface area contributed by atoms with Gasteiger partial charge in [-0.1, -0.05) is 5.16 Å². The molecular weight excluding hydrogens is 258 g/mol. The first-order valence-electron chi connectivity index (χ1n) is 6.22. The van der Waals surface area contributed by atoms with Gasteiger partial charge >= 0.3 is 0 Å². The second-order valence-electron chi connectivity index (χ2n) is 4.64. The molecule has 1 fully saturated rings. The molecule has 0 N–H and O–H groups in total. The van der Waals surface area contributed by atoms with Crippen LogP contribution in [0.2, 0.25) is 0 Å². The van der Waals surface area contributed by atoms with E-state index < -0.39 is 0 Å². The van der Waals surface area contributed by atoms with Gasteiger partial charge in [-0.25, -0.2) is 0 Å². The molecular formula is C14H13N3O3. The molecule has 6 heteroatoms. The predicted molar refractivity (Wildman–Crippen MR) is 69.3 cm³/mol. The van der Waals surface area contributed by atoms with Crippen molar-refractivity contribution in [3.63, 3.8) is 0 Å². The average Bonchev–Trinajstić information content (AvgIpc) is 3.13. The highest BCUT2D eigenvalue weighted by Gasteiger charge is 2.43. The summed E-state index contributed by atoms with van der Waals surface area (Å²) in [5.41, 5.74) is 0.755. The molecule has 0 bridgehead atoms. The monoisotopic (exact) mass is 271 g/mol. The fourth-order valence-electron chi connectivity index (χ4n) is 2.05. The van der Waals surface area contributed by atoms with Crippen LogP contribution in [0.4, 0.5) is 0 Å². The van der Waals surface area contributed by atoms with Crippen molar-refractivity contribution in [1.82, 2.24) is 10.1 Å². The maximum atomic E-state index is 8.83. The SMILES string of the molecule is COc1cc(OC)cc(-c2noc(C3CC3C#N)n2)c1. The van der Waals surface area contributed by atoms with E-state index in [0.29, 0.717) is 23.2 Å². The Kier molecular flexibility index (Phi) is 3.03. The van der Waals surface area contributed by atoms with Crippen molar-refractivity contribution < 1.29 is 14.0 Å². The number of rotatable bonds is 4. The van der Waals surface area contributed by atoms with Gasteiger partial charge in [0.1, 0.15) is 11.5 Å². The molecule has 20 heavy (non-hydrogen) atoms. The van der Waals surface area contributed by atoms with E-state index in [1.807, 2.05) is 12.1 Å². The summed E-state index contributed by atoms with van der Waals surface area (Å²) < 4.78 is 15.6. The molecule has 1 heterocycles. The second kappa shape index (κ2) is 4.85. The first-order chi connectivity index (χ1) is 9.75. The van der Waals surface area contributed by atoms with Crippen LogP contribution < -0.4 is 9.47 Å². The van der Waals surface area contributed by atoms with Crippen molar-refractivity contribution in [3.8, 4) is 29.0 Å². The van der Waals surface area contributed by atoms with Gasteiger partial charge in [-0.3, -0.25) is 0 Å². The molecule has 3 rings (SSSR count). The highest BCUT2D eigenvalue weighted by molar-refractivity contribution is 5.60. The summed E-state index contributed by atoms with van der Waals surface area (Å²) in [4.78, 5) is 4.35. The van der Waals surface area contributed by atoms with Gasteiger partial charge in [0.15, 0.2) is 0 Å². The predicted octanol–water partition coefficient (Wildman–Crippen LogP) is 2.38. The van der Waals surface area contributed by atoms with Gasteiger partial charge in [0.25, 0.3) is 0 Å². The molecule has 0 spiro atoms. The van der Waals surface area contributed by atoms with E-state index in [4.69, 9.17) is 19.3 Å². The largest absolute Gasteiger partial charge is 0.497 e. The minimum atomic E-state index is 0.00291. The standard InChI is InChI=1S/C14H13N3O3/c1-18-10-3-8(4-11(6-10)19-2)13-16-14(20-17-13)12-5-9(12)7-15/h3-4,6,9,12H,5H2,1-2H3. The van der Waals surface area contributed by atoms with Crippen LogP contribution in [0.15, 0.2) is 22.7 Å². The number of hydrogen-bond acceptors (Lipinski definition) is 6. The van der Waals surface area contributed by atoms with E-state index in [0.717, 1.165) is 12.0 Å².